The quantitative estimate of drug-likeness (QED) is 0.273. The minimum atomic E-state index is -0.483. The van der Waals surface area contributed by atoms with Crippen molar-refractivity contribution in [3.63, 3.8) is 0 Å². The van der Waals surface area contributed by atoms with Crippen LogP contribution < -0.4 is 20.1 Å². The SMILES string of the molecule is CCOc1cc(/C=C2/NC(=O)N(Cc3ccccc3)C2=O)cc(Br)c1OCC(=O)Nc1ccc(C)cc1. The van der Waals surface area contributed by atoms with Gasteiger partial charge in [-0.05, 0) is 71.2 Å². The molecule has 190 valence electrons. The highest BCUT2D eigenvalue weighted by molar-refractivity contribution is 9.10. The van der Waals surface area contributed by atoms with Crippen molar-refractivity contribution in [2.45, 2.75) is 20.4 Å². The van der Waals surface area contributed by atoms with E-state index in [2.05, 4.69) is 26.6 Å². The number of amides is 4. The van der Waals surface area contributed by atoms with Crippen LogP contribution in [0, 0.1) is 6.92 Å². The summed E-state index contributed by atoms with van der Waals surface area (Å²) in [6.07, 6.45) is 1.58. The second kappa shape index (κ2) is 11.7. The molecule has 3 aromatic carbocycles. The molecule has 0 aromatic heterocycles. The number of ether oxygens (including phenoxy) is 2. The van der Waals surface area contributed by atoms with Crippen LogP contribution in [0.25, 0.3) is 6.08 Å². The molecule has 0 bridgehead atoms. The Balaban J connectivity index is 1.48. The molecule has 37 heavy (non-hydrogen) atoms. The van der Waals surface area contributed by atoms with Crippen molar-refractivity contribution in [2.24, 2.45) is 0 Å². The van der Waals surface area contributed by atoms with Crippen LogP contribution in [0.3, 0.4) is 0 Å². The average Bonchev–Trinajstić information content (AvgIpc) is 3.13. The molecule has 1 aliphatic heterocycles. The predicted octanol–water partition coefficient (Wildman–Crippen LogP) is 5.27. The Hall–Kier alpha value is -4.11. The summed E-state index contributed by atoms with van der Waals surface area (Å²) < 4.78 is 12.0. The van der Waals surface area contributed by atoms with E-state index in [0.717, 1.165) is 16.0 Å². The molecule has 3 aromatic rings. The molecular formula is C28H26BrN3O5. The van der Waals surface area contributed by atoms with Crippen molar-refractivity contribution in [2.75, 3.05) is 18.5 Å². The van der Waals surface area contributed by atoms with Crippen LogP contribution in [0.2, 0.25) is 0 Å². The van der Waals surface area contributed by atoms with E-state index >= 15 is 0 Å². The molecule has 1 aliphatic rings. The molecule has 0 atom stereocenters. The molecule has 4 amide bonds. The fourth-order valence-corrected chi connectivity index (χ4v) is 4.27. The average molecular weight is 564 g/mol. The molecule has 0 spiro atoms. The summed E-state index contributed by atoms with van der Waals surface area (Å²) in [6, 6.07) is 19.7. The number of nitrogens with one attached hydrogen (secondary N) is 2. The maximum atomic E-state index is 12.9. The largest absolute Gasteiger partial charge is 0.490 e. The number of carbonyl (C=O) groups excluding carboxylic acids is 3. The lowest BCUT2D eigenvalue weighted by Crippen LogP contribution is -2.30. The van der Waals surface area contributed by atoms with Crippen LogP contribution in [0.5, 0.6) is 11.5 Å². The predicted molar refractivity (Wildman–Crippen MR) is 144 cm³/mol. The van der Waals surface area contributed by atoms with Gasteiger partial charge in [-0.2, -0.15) is 0 Å². The highest BCUT2D eigenvalue weighted by Crippen LogP contribution is 2.37. The van der Waals surface area contributed by atoms with E-state index in [9.17, 15) is 14.4 Å². The third kappa shape index (κ3) is 6.56. The van der Waals surface area contributed by atoms with Crippen molar-refractivity contribution in [3.05, 3.63) is 93.6 Å². The number of benzene rings is 3. The number of aryl methyl sites for hydroxylation is 1. The fourth-order valence-electron chi connectivity index (χ4n) is 3.69. The van der Waals surface area contributed by atoms with E-state index in [-0.39, 0.29) is 24.8 Å². The molecule has 4 rings (SSSR count). The molecule has 0 aliphatic carbocycles. The van der Waals surface area contributed by atoms with Crippen LogP contribution in [0.15, 0.2) is 76.9 Å². The molecule has 0 radical (unpaired) electrons. The van der Waals surface area contributed by atoms with Gasteiger partial charge in [-0.1, -0.05) is 48.0 Å². The van der Waals surface area contributed by atoms with E-state index in [0.29, 0.717) is 33.8 Å². The molecule has 0 saturated carbocycles. The van der Waals surface area contributed by atoms with Gasteiger partial charge in [0.05, 0.1) is 17.6 Å². The first-order chi connectivity index (χ1) is 17.8. The minimum absolute atomic E-state index is 0.154. The van der Waals surface area contributed by atoms with Gasteiger partial charge in [-0.15, -0.1) is 0 Å². The Kier molecular flexibility index (Phi) is 8.25. The third-order valence-corrected chi connectivity index (χ3v) is 6.06. The van der Waals surface area contributed by atoms with Crippen LogP contribution in [-0.4, -0.2) is 36.0 Å². The zero-order chi connectivity index (χ0) is 26.4. The Labute approximate surface area is 223 Å². The fraction of sp³-hybridized carbons (Fsp3) is 0.179. The zero-order valence-electron chi connectivity index (χ0n) is 20.4. The molecule has 1 heterocycles. The van der Waals surface area contributed by atoms with Crippen molar-refractivity contribution in [1.29, 1.82) is 0 Å². The van der Waals surface area contributed by atoms with E-state index in [1.807, 2.05) is 68.4 Å². The van der Waals surface area contributed by atoms with Gasteiger partial charge in [0, 0.05) is 5.69 Å². The Morgan fingerprint density at radius 3 is 2.49 bits per heavy atom. The number of rotatable bonds is 9. The summed E-state index contributed by atoms with van der Waals surface area (Å²) >= 11 is 3.48. The summed E-state index contributed by atoms with van der Waals surface area (Å²) in [7, 11) is 0. The second-order valence-electron chi connectivity index (χ2n) is 8.33. The smallest absolute Gasteiger partial charge is 0.329 e. The van der Waals surface area contributed by atoms with Crippen LogP contribution in [0.1, 0.15) is 23.6 Å². The van der Waals surface area contributed by atoms with Gasteiger partial charge >= 0.3 is 6.03 Å². The number of hydrogen-bond donors (Lipinski definition) is 2. The second-order valence-corrected chi connectivity index (χ2v) is 9.19. The molecule has 1 saturated heterocycles. The molecular weight excluding hydrogens is 538 g/mol. The maximum Gasteiger partial charge on any atom is 0.329 e. The summed E-state index contributed by atoms with van der Waals surface area (Å²) in [5, 5.41) is 5.42. The number of imide groups is 1. The first-order valence-corrected chi connectivity index (χ1v) is 12.5. The third-order valence-electron chi connectivity index (χ3n) is 5.47. The number of hydrogen-bond acceptors (Lipinski definition) is 5. The van der Waals surface area contributed by atoms with E-state index in [4.69, 9.17) is 9.47 Å². The summed E-state index contributed by atoms with van der Waals surface area (Å²) in [5.41, 5.74) is 3.38. The highest BCUT2D eigenvalue weighted by Gasteiger charge is 2.33. The molecule has 0 unspecified atom stereocenters. The lowest BCUT2D eigenvalue weighted by Gasteiger charge is -2.15. The van der Waals surface area contributed by atoms with Crippen LogP contribution in [-0.2, 0) is 16.1 Å². The van der Waals surface area contributed by atoms with Crippen molar-refractivity contribution in [3.8, 4) is 11.5 Å². The van der Waals surface area contributed by atoms with E-state index in [1.165, 1.54) is 0 Å². The normalized spacial score (nSPS) is 14.0. The van der Waals surface area contributed by atoms with E-state index in [1.54, 1.807) is 18.2 Å². The minimum Gasteiger partial charge on any atom is -0.490 e. The number of anilines is 1. The van der Waals surface area contributed by atoms with E-state index < -0.39 is 11.9 Å². The summed E-state index contributed by atoms with van der Waals surface area (Å²) in [6.45, 7) is 4.11. The van der Waals surface area contributed by atoms with Gasteiger partial charge < -0.3 is 20.1 Å². The number of halogens is 1. The number of carbonyl (C=O) groups is 3. The standard InChI is InChI=1S/C28H26BrN3O5/c1-3-36-24-15-20(14-23-27(34)32(28(35)31-23)16-19-7-5-4-6-8-19)13-22(29)26(24)37-17-25(33)30-21-11-9-18(2)10-12-21/h4-15H,3,16-17H2,1-2H3,(H,30,33)(H,31,35)/b23-14+. The monoisotopic (exact) mass is 563 g/mol. The Morgan fingerprint density at radius 1 is 1.05 bits per heavy atom. The molecule has 8 nitrogen and oxygen atoms in total. The van der Waals surface area contributed by atoms with Gasteiger partial charge in [0.25, 0.3) is 11.8 Å². The Morgan fingerprint density at radius 2 is 1.78 bits per heavy atom. The van der Waals surface area contributed by atoms with Gasteiger partial charge in [0.15, 0.2) is 18.1 Å². The first kappa shape index (κ1) is 26.0. The van der Waals surface area contributed by atoms with Gasteiger partial charge in [0.2, 0.25) is 0 Å². The van der Waals surface area contributed by atoms with Gasteiger partial charge in [0.1, 0.15) is 5.70 Å². The maximum absolute atomic E-state index is 12.9. The van der Waals surface area contributed by atoms with Gasteiger partial charge in [-0.3, -0.25) is 14.5 Å². The topological polar surface area (TPSA) is 97.0 Å². The number of urea groups is 1. The van der Waals surface area contributed by atoms with Crippen molar-refractivity contribution < 1.29 is 23.9 Å². The summed E-state index contributed by atoms with van der Waals surface area (Å²) in [5.74, 6) is 0.0125. The highest BCUT2D eigenvalue weighted by atomic mass is 79.9. The zero-order valence-corrected chi connectivity index (χ0v) is 22.0. The van der Waals surface area contributed by atoms with Gasteiger partial charge in [-0.25, -0.2) is 4.79 Å². The lowest BCUT2D eigenvalue weighted by molar-refractivity contribution is -0.123. The van der Waals surface area contributed by atoms with Crippen LogP contribution in [0.4, 0.5) is 10.5 Å². The lowest BCUT2D eigenvalue weighted by atomic mass is 10.1. The first-order valence-electron chi connectivity index (χ1n) is 11.7. The van der Waals surface area contributed by atoms with Crippen molar-refractivity contribution in [1.82, 2.24) is 10.2 Å². The Bertz CT molecular complexity index is 1340. The molecule has 2 N–H and O–H groups in total. The summed E-state index contributed by atoms with van der Waals surface area (Å²) in [4.78, 5) is 38.9. The molecule has 1 fully saturated rings. The van der Waals surface area contributed by atoms with Crippen LogP contribution >= 0.6 is 15.9 Å². The molecule has 9 heteroatoms. The van der Waals surface area contributed by atoms with Crippen molar-refractivity contribution >= 4 is 45.5 Å². The number of nitrogens with zero attached hydrogens (tertiary/aromatic N) is 1.